The third-order valence-corrected chi connectivity index (χ3v) is 7.12. The molecule has 0 atom stereocenters. The van der Waals surface area contributed by atoms with Gasteiger partial charge in [0.05, 0.1) is 10.4 Å². The summed E-state index contributed by atoms with van der Waals surface area (Å²) in [6.45, 7) is 1.30. The Bertz CT molecular complexity index is 1120. The van der Waals surface area contributed by atoms with Crippen LogP contribution in [0.15, 0.2) is 57.9 Å². The van der Waals surface area contributed by atoms with Gasteiger partial charge in [-0.15, -0.1) is 5.10 Å². The SMILES string of the molecule is O=C(Cn1nnc2ccccc21)N1CCN(S(=O)(=O)c2cccc(Br)c2)CC1. The normalized spacial score (nSPS) is 15.8. The molecule has 0 radical (unpaired) electrons. The summed E-state index contributed by atoms with van der Waals surface area (Å²) in [7, 11) is -3.57. The average molecular weight is 464 g/mol. The molecule has 0 unspecified atom stereocenters. The number of para-hydroxylation sites is 1. The topological polar surface area (TPSA) is 88.4 Å². The number of benzene rings is 2. The summed E-state index contributed by atoms with van der Waals surface area (Å²) in [5.41, 5.74) is 1.53. The third kappa shape index (κ3) is 3.67. The minimum Gasteiger partial charge on any atom is -0.338 e. The maximum atomic E-state index is 12.8. The molecule has 1 saturated heterocycles. The van der Waals surface area contributed by atoms with Crippen LogP contribution in [-0.4, -0.2) is 64.7 Å². The summed E-state index contributed by atoms with van der Waals surface area (Å²) in [5.74, 6) is -0.102. The van der Waals surface area contributed by atoms with Crippen molar-refractivity contribution in [1.29, 1.82) is 0 Å². The zero-order chi connectivity index (χ0) is 19.7. The third-order valence-electron chi connectivity index (χ3n) is 4.73. The van der Waals surface area contributed by atoms with E-state index < -0.39 is 10.0 Å². The molecule has 10 heteroatoms. The van der Waals surface area contributed by atoms with Gasteiger partial charge in [-0.1, -0.05) is 39.3 Å². The van der Waals surface area contributed by atoms with E-state index in [1.54, 1.807) is 33.8 Å². The number of amides is 1. The number of carbonyl (C=O) groups is 1. The highest BCUT2D eigenvalue weighted by molar-refractivity contribution is 9.10. The number of fused-ring (bicyclic) bond motifs is 1. The molecule has 8 nitrogen and oxygen atoms in total. The fraction of sp³-hybridized carbons (Fsp3) is 0.278. The molecule has 0 bridgehead atoms. The van der Waals surface area contributed by atoms with E-state index in [9.17, 15) is 13.2 Å². The molecule has 0 aliphatic carbocycles. The van der Waals surface area contributed by atoms with Crippen molar-refractivity contribution < 1.29 is 13.2 Å². The first-order valence-electron chi connectivity index (χ1n) is 8.77. The van der Waals surface area contributed by atoms with Crippen molar-refractivity contribution in [3.63, 3.8) is 0 Å². The molecule has 1 aromatic heterocycles. The number of aromatic nitrogens is 3. The van der Waals surface area contributed by atoms with Crippen LogP contribution in [0.4, 0.5) is 0 Å². The molecule has 3 aromatic rings. The van der Waals surface area contributed by atoms with Gasteiger partial charge in [-0.05, 0) is 30.3 Å². The molecule has 0 N–H and O–H groups in total. The van der Waals surface area contributed by atoms with Crippen LogP contribution in [0, 0.1) is 0 Å². The second kappa shape index (κ2) is 7.61. The van der Waals surface area contributed by atoms with Gasteiger partial charge in [0, 0.05) is 30.7 Å². The van der Waals surface area contributed by atoms with Crippen molar-refractivity contribution in [3.8, 4) is 0 Å². The van der Waals surface area contributed by atoms with Gasteiger partial charge in [-0.2, -0.15) is 4.31 Å². The maximum Gasteiger partial charge on any atom is 0.244 e. The molecule has 1 aliphatic heterocycles. The molecule has 1 amide bonds. The van der Waals surface area contributed by atoms with Crippen LogP contribution in [-0.2, 0) is 21.4 Å². The standard InChI is InChI=1S/C18H18BrN5O3S/c19-14-4-3-5-15(12-14)28(26,27)23-10-8-22(9-11-23)18(25)13-24-17-7-2-1-6-16(17)20-21-24/h1-7,12H,8-11,13H2. The molecule has 2 aromatic carbocycles. The van der Waals surface area contributed by atoms with E-state index in [0.29, 0.717) is 17.6 Å². The number of piperazine rings is 1. The van der Waals surface area contributed by atoms with Crippen molar-refractivity contribution in [2.75, 3.05) is 26.2 Å². The lowest BCUT2D eigenvalue weighted by Gasteiger charge is -2.34. The van der Waals surface area contributed by atoms with Crippen LogP contribution in [0.1, 0.15) is 0 Å². The lowest BCUT2D eigenvalue weighted by molar-refractivity contribution is -0.133. The van der Waals surface area contributed by atoms with E-state index in [4.69, 9.17) is 0 Å². The lowest BCUT2D eigenvalue weighted by Crippen LogP contribution is -2.51. The number of nitrogens with zero attached hydrogens (tertiary/aromatic N) is 5. The van der Waals surface area contributed by atoms with Gasteiger partial charge in [0.15, 0.2) is 0 Å². The van der Waals surface area contributed by atoms with Gasteiger partial charge in [-0.3, -0.25) is 4.79 Å². The number of rotatable bonds is 4. The summed E-state index contributed by atoms with van der Waals surface area (Å²) in [6.07, 6.45) is 0. The van der Waals surface area contributed by atoms with Crippen molar-refractivity contribution in [2.24, 2.45) is 0 Å². The van der Waals surface area contributed by atoms with E-state index in [1.807, 2.05) is 24.3 Å². The van der Waals surface area contributed by atoms with E-state index >= 15 is 0 Å². The van der Waals surface area contributed by atoms with Crippen molar-refractivity contribution >= 4 is 42.9 Å². The Kier molecular flexibility index (Phi) is 5.17. The molecule has 1 fully saturated rings. The molecule has 28 heavy (non-hydrogen) atoms. The van der Waals surface area contributed by atoms with E-state index in [0.717, 1.165) is 11.0 Å². The highest BCUT2D eigenvalue weighted by atomic mass is 79.9. The number of hydrogen-bond donors (Lipinski definition) is 0. The summed E-state index contributed by atoms with van der Waals surface area (Å²) in [6, 6.07) is 14.1. The monoisotopic (exact) mass is 463 g/mol. The summed E-state index contributed by atoms with van der Waals surface area (Å²) >= 11 is 3.30. The Balaban J connectivity index is 1.42. The fourth-order valence-electron chi connectivity index (χ4n) is 3.22. The first-order valence-corrected chi connectivity index (χ1v) is 11.0. The van der Waals surface area contributed by atoms with Crippen molar-refractivity contribution in [1.82, 2.24) is 24.2 Å². The van der Waals surface area contributed by atoms with Gasteiger partial charge < -0.3 is 4.90 Å². The molecule has 0 saturated carbocycles. The highest BCUT2D eigenvalue weighted by Gasteiger charge is 2.30. The molecular weight excluding hydrogens is 446 g/mol. The average Bonchev–Trinajstić information content (AvgIpc) is 3.11. The molecule has 0 spiro atoms. The fourth-order valence-corrected chi connectivity index (χ4v) is 5.24. The molecular formula is C18H18BrN5O3S. The Morgan fingerprint density at radius 2 is 1.79 bits per heavy atom. The maximum absolute atomic E-state index is 12.8. The second-order valence-electron chi connectivity index (χ2n) is 6.48. The second-order valence-corrected chi connectivity index (χ2v) is 9.33. The van der Waals surface area contributed by atoms with Gasteiger partial charge in [0.25, 0.3) is 0 Å². The summed E-state index contributed by atoms with van der Waals surface area (Å²) in [4.78, 5) is 14.6. The quantitative estimate of drug-likeness (QED) is 0.587. The van der Waals surface area contributed by atoms with Crippen LogP contribution < -0.4 is 0 Å². The Labute approximate surface area is 170 Å². The largest absolute Gasteiger partial charge is 0.338 e. The summed E-state index contributed by atoms with van der Waals surface area (Å²) in [5, 5.41) is 8.09. The van der Waals surface area contributed by atoms with Crippen molar-refractivity contribution in [2.45, 2.75) is 11.4 Å². The zero-order valence-corrected chi connectivity index (χ0v) is 17.3. The van der Waals surface area contributed by atoms with Gasteiger partial charge in [-0.25, -0.2) is 13.1 Å². The molecule has 2 heterocycles. The van der Waals surface area contributed by atoms with Crippen LogP contribution in [0.2, 0.25) is 0 Å². The Hall–Kier alpha value is -2.30. The first-order chi connectivity index (χ1) is 13.4. The van der Waals surface area contributed by atoms with E-state index in [-0.39, 0.29) is 30.4 Å². The molecule has 146 valence electrons. The molecule has 1 aliphatic rings. The van der Waals surface area contributed by atoms with Crippen LogP contribution >= 0.6 is 15.9 Å². The number of sulfonamides is 1. The predicted octanol–water partition coefficient (Wildman–Crippen LogP) is 1.73. The predicted molar refractivity (Wildman–Crippen MR) is 107 cm³/mol. The van der Waals surface area contributed by atoms with E-state index in [2.05, 4.69) is 26.2 Å². The minimum atomic E-state index is -3.57. The Morgan fingerprint density at radius 3 is 2.54 bits per heavy atom. The van der Waals surface area contributed by atoms with Crippen LogP contribution in [0.25, 0.3) is 11.0 Å². The number of halogens is 1. The van der Waals surface area contributed by atoms with Crippen molar-refractivity contribution in [3.05, 3.63) is 53.0 Å². The van der Waals surface area contributed by atoms with E-state index in [1.165, 1.54) is 4.31 Å². The smallest absolute Gasteiger partial charge is 0.244 e. The van der Waals surface area contributed by atoms with Crippen LogP contribution in [0.3, 0.4) is 0 Å². The van der Waals surface area contributed by atoms with Gasteiger partial charge in [0.1, 0.15) is 12.1 Å². The van der Waals surface area contributed by atoms with Crippen LogP contribution in [0.5, 0.6) is 0 Å². The Morgan fingerprint density at radius 1 is 1.04 bits per heavy atom. The molecule has 4 rings (SSSR count). The highest BCUT2D eigenvalue weighted by Crippen LogP contribution is 2.21. The lowest BCUT2D eigenvalue weighted by atomic mass is 10.3. The number of hydrogen-bond acceptors (Lipinski definition) is 5. The zero-order valence-electron chi connectivity index (χ0n) is 14.9. The number of carbonyl (C=O) groups excluding carboxylic acids is 1. The summed E-state index contributed by atoms with van der Waals surface area (Å²) < 4.78 is 29.3. The van der Waals surface area contributed by atoms with Gasteiger partial charge in [0.2, 0.25) is 15.9 Å². The first kappa shape index (κ1) is 19.0. The van der Waals surface area contributed by atoms with Gasteiger partial charge >= 0.3 is 0 Å². The minimum absolute atomic E-state index is 0.0822.